The molecule has 5 nitrogen and oxygen atoms in total. The summed E-state index contributed by atoms with van der Waals surface area (Å²) in [4.78, 5) is 11.6. The summed E-state index contributed by atoms with van der Waals surface area (Å²) in [6.45, 7) is 3.63. The van der Waals surface area contributed by atoms with Crippen molar-refractivity contribution in [3.63, 3.8) is 0 Å². The molecule has 0 aliphatic rings. The van der Waals surface area contributed by atoms with E-state index in [0.717, 1.165) is 24.3 Å². The second-order valence-electron chi connectivity index (χ2n) is 4.59. The monoisotopic (exact) mass is 307 g/mol. The number of ether oxygens (including phenoxy) is 1. The average Bonchev–Trinajstić information content (AvgIpc) is 2.93. The Kier molecular flexibility index (Phi) is 5.22. The van der Waals surface area contributed by atoms with Crippen molar-refractivity contribution in [1.82, 2.24) is 9.78 Å². The summed E-state index contributed by atoms with van der Waals surface area (Å²) < 4.78 is 6.67. The molecule has 112 valence electrons. The molecule has 0 radical (unpaired) electrons. The minimum Gasteiger partial charge on any atom is -0.465 e. The van der Waals surface area contributed by atoms with Gasteiger partial charge in [-0.1, -0.05) is 18.5 Å². The Balaban J connectivity index is 2.09. The third kappa shape index (κ3) is 3.76. The van der Waals surface area contributed by atoms with Gasteiger partial charge in [-0.3, -0.25) is 4.68 Å². The standard InChI is InChI=1S/C15H18ClN3O2/c1-3-8-19-12(6-7-18-19)10-17-11-4-5-14(16)13(9-11)15(20)21-2/h4-7,9,17H,3,8,10H2,1-2H3. The fourth-order valence-corrected chi connectivity index (χ4v) is 2.21. The summed E-state index contributed by atoms with van der Waals surface area (Å²) in [5, 5.41) is 7.92. The SMILES string of the molecule is CCCn1nccc1CNc1ccc(Cl)c(C(=O)OC)c1. The highest BCUT2D eigenvalue weighted by Gasteiger charge is 2.11. The molecule has 0 saturated heterocycles. The van der Waals surface area contributed by atoms with Crippen LogP contribution in [-0.2, 0) is 17.8 Å². The number of aryl methyl sites for hydroxylation is 1. The molecule has 1 heterocycles. The maximum atomic E-state index is 11.6. The molecule has 0 unspecified atom stereocenters. The van der Waals surface area contributed by atoms with Crippen LogP contribution < -0.4 is 5.32 Å². The van der Waals surface area contributed by atoms with Gasteiger partial charge < -0.3 is 10.1 Å². The van der Waals surface area contributed by atoms with Crippen molar-refractivity contribution >= 4 is 23.3 Å². The van der Waals surface area contributed by atoms with Gasteiger partial charge in [-0.05, 0) is 30.7 Å². The van der Waals surface area contributed by atoms with Gasteiger partial charge in [0.15, 0.2) is 0 Å². The number of nitrogens with one attached hydrogen (secondary N) is 1. The molecule has 2 aromatic rings. The third-order valence-corrected chi connectivity index (χ3v) is 3.41. The molecule has 0 bridgehead atoms. The van der Waals surface area contributed by atoms with Gasteiger partial charge in [0, 0.05) is 18.4 Å². The van der Waals surface area contributed by atoms with Gasteiger partial charge in [0.25, 0.3) is 0 Å². The lowest BCUT2D eigenvalue weighted by Crippen LogP contribution is -2.09. The molecule has 1 aromatic heterocycles. The van der Waals surface area contributed by atoms with Crippen molar-refractivity contribution in [3.05, 3.63) is 46.7 Å². The van der Waals surface area contributed by atoms with E-state index in [1.54, 1.807) is 18.3 Å². The van der Waals surface area contributed by atoms with Crippen LogP contribution in [0.15, 0.2) is 30.5 Å². The largest absolute Gasteiger partial charge is 0.465 e. The normalized spacial score (nSPS) is 10.4. The number of carbonyl (C=O) groups is 1. The molecule has 0 saturated carbocycles. The smallest absolute Gasteiger partial charge is 0.339 e. The maximum Gasteiger partial charge on any atom is 0.339 e. The van der Waals surface area contributed by atoms with Gasteiger partial charge in [-0.25, -0.2) is 4.79 Å². The summed E-state index contributed by atoms with van der Waals surface area (Å²) in [5.74, 6) is -0.445. The Morgan fingerprint density at radius 1 is 1.43 bits per heavy atom. The number of halogens is 1. The van der Waals surface area contributed by atoms with Crippen LogP contribution in [0.2, 0.25) is 5.02 Å². The van der Waals surface area contributed by atoms with E-state index in [1.807, 2.05) is 16.8 Å². The summed E-state index contributed by atoms with van der Waals surface area (Å²) in [6.07, 6.45) is 2.82. The third-order valence-electron chi connectivity index (χ3n) is 3.09. The van der Waals surface area contributed by atoms with E-state index in [1.165, 1.54) is 7.11 Å². The van der Waals surface area contributed by atoms with Crippen LogP contribution >= 0.6 is 11.6 Å². The van der Waals surface area contributed by atoms with Crippen LogP contribution in [0.3, 0.4) is 0 Å². The Morgan fingerprint density at radius 2 is 2.24 bits per heavy atom. The van der Waals surface area contributed by atoms with Crippen molar-refractivity contribution in [1.29, 1.82) is 0 Å². The predicted octanol–water partition coefficient (Wildman–Crippen LogP) is 3.35. The summed E-state index contributed by atoms with van der Waals surface area (Å²) >= 11 is 5.99. The van der Waals surface area contributed by atoms with Gasteiger partial charge in [-0.2, -0.15) is 5.10 Å². The van der Waals surface area contributed by atoms with Crippen LogP contribution in [0.4, 0.5) is 5.69 Å². The van der Waals surface area contributed by atoms with Crippen LogP contribution in [0.5, 0.6) is 0 Å². The molecular weight excluding hydrogens is 290 g/mol. The van der Waals surface area contributed by atoms with E-state index < -0.39 is 5.97 Å². The van der Waals surface area contributed by atoms with Gasteiger partial charge in [-0.15, -0.1) is 0 Å². The van der Waals surface area contributed by atoms with Gasteiger partial charge in [0.2, 0.25) is 0 Å². The first kappa shape index (κ1) is 15.4. The zero-order valence-corrected chi connectivity index (χ0v) is 12.9. The number of esters is 1. The van der Waals surface area contributed by atoms with Crippen LogP contribution in [0.1, 0.15) is 29.4 Å². The highest BCUT2D eigenvalue weighted by atomic mass is 35.5. The lowest BCUT2D eigenvalue weighted by atomic mass is 10.2. The van der Waals surface area contributed by atoms with E-state index in [4.69, 9.17) is 16.3 Å². The highest BCUT2D eigenvalue weighted by molar-refractivity contribution is 6.33. The number of anilines is 1. The van der Waals surface area contributed by atoms with Gasteiger partial charge >= 0.3 is 5.97 Å². The number of hydrogen-bond acceptors (Lipinski definition) is 4. The average molecular weight is 308 g/mol. The molecule has 0 fully saturated rings. The Labute approximate surface area is 128 Å². The summed E-state index contributed by atoms with van der Waals surface area (Å²) in [6, 6.07) is 7.17. The van der Waals surface area contributed by atoms with E-state index >= 15 is 0 Å². The molecule has 0 aliphatic carbocycles. The lowest BCUT2D eigenvalue weighted by Gasteiger charge is -2.10. The predicted molar refractivity (Wildman–Crippen MR) is 82.6 cm³/mol. The first-order chi connectivity index (χ1) is 10.2. The molecule has 6 heteroatoms. The van der Waals surface area contributed by atoms with Crippen LogP contribution in [0, 0.1) is 0 Å². The fourth-order valence-electron chi connectivity index (χ4n) is 2.02. The zero-order valence-electron chi connectivity index (χ0n) is 12.1. The number of methoxy groups -OCH3 is 1. The molecule has 0 amide bonds. The molecule has 0 spiro atoms. The van der Waals surface area contributed by atoms with Crippen molar-refractivity contribution in [2.24, 2.45) is 0 Å². The van der Waals surface area contributed by atoms with Gasteiger partial charge in [0.1, 0.15) is 0 Å². The lowest BCUT2D eigenvalue weighted by molar-refractivity contribution is 0.0601. The number of carbonyl (C=O) groups excluding carboxylic acids is 1. The second kappa shape index (κ2) is 7.13. The zero-order chi connectivity index (χ0) is 15.2. The first-order valence-corrected chi connectivity index (χ1v) is 7.16. The van der Waals surface area contributed by atoms with Crippen LogP contribution in [-0.4, -0.2) is 22.9 Å². The van der Waals surface area contributed by atoms with Gasteiger partial charge in [0.05, 0.1) is 29.9 Å². The van der Waals surface area contributed by atoms with E-state index in [-0.39, 0.29) is 0 Å². The van der Waals surface area contributed by atoms with Crippen molar-refractivity contribution in [2.75, 3.05) is 12.4 Å². The highest BCUT2D eigenvalue weighted by Crippen LogP contribution is 2.21. The first-order valence-electron chi connectivity index (χ1n) is 6.78. The fraction of sp³-hybridized carbons (Fsp3) is 0.333. The molecule has 2 rings (SSSR count). The minimum absolute atomic E-state index is 0.353. The quantitative estimate of drug-likeness (QED) is 0.832. The van der Waals surface area contributed by atoms with Crippen molar-refractivity contribution in [3.8, 4) is 0 Å². The number of benzene rings is 1. The summed E-state index contributed by atoms with van der Waals surface area (Å²) in [5.41, 5.74) is 2.25. The maximum absolute atomic E-state index is 11.6. The minimum atomic E-state index is -0.445. The molecule has 1 N–H and O–H groups in total. The Morgan fingerprint density at radius 3 is 2.95 bits per heavy atom. The number of nitrogens with zero attached hydrogens (tertiary/aromatic N) is 2. The van der Waals surface area contributed by atoms with Crippen molar-refractivity contribution in [2.45, 2.75) is 26.4 Å². The molecule has 21 heavy (non-hydrogen) atoms. The number of rotatable bonds is 6. The number of aromatic nitrogens is 2. The van der Waals surface area contributed by atoms with E-state index in [9.17, 15) is 4.79 Å². The molecule has 0 aliphatic heterocycles. The molecular formula is C15H18ClN3O2. The van der Waals surface area contributed by atoms with Crippen LogP contribution in [0.25, 0.3) is 0 Å². The molecule has 1 aromatic carbocycles. The Bertz CT molecular complexity index is 625. The summed E-state index contributed by atoms with van der Waals surface area (Å²) in [7, 11) is 1.34. The van der Waals surface area contributed by atoms with E-state index in [0.29, 0.717) is 17.1 Å². The number of hydrogen-bond donors (Lipinski definition) is 1. The molecule has 0 atom stereocenters. The van der Waals surface area contributed by atoms with E-state index in [2.05, 4.69) is 17.3 Å². The topological polar surface area (TPSA) is 56.2 Å². The second-order valence-corrected chi connectivity index (χ2v) is 4.99. The van der Waals surface area contributed by atoms with Crippen molar-refractivity contribution < 1.29 is 9.53 Å². The Hall–Kier alpha value is -2.01.